The number of nitrogens with one attached hydrogen (secondary N) is 1. The Morgan fingerprint density at radius 1 is 1.42 bits per heavy atom. The Balaban J connectivity index is 2.29. The average molecular weight is 270 g/mol. The molecular weight excluding hydrogens is 256 g/mol. The van der Waals surface area contributed by atoms with Crippen LogP contribution in [0.15, 0.2) is 29.6 Å². The van der Waals surface area contributed by atoms with E-state index in [0.29, 0.717) is 16.8 Å². The molecule has 1 amide bonds. The predicted molar refractivity (Wildman–Crippen MR) is 77.5 cm³/mol. The molecule has 0 aliphatic heterocycles. The van der Waals surface area contributed by atoms with E-state index in [9.17, 15) is 4.79 Å². The van der Waals surface area contributed by atoms with Crippen LogP contribution in [0.25, 0.3) is 0 Å². The fourth-order valence-corrected chi connectivity index (χ4v) is 2.93. The highest BCUT2D eigenvalue weighted by Gasteiger charge is 2.15. The van der Waals surface area contributed by atoms with Gasteiger partial charge in [0.25, 0.3) is 5.91 Å². The van der Waals surface area contributed by atoms with Gasteiger partial charge >= 0.3 is 0 Å². The van der Waals surface area contributed by atoms with E-state index in [2.05, 4.69) is 11.4 Å². The lowest BCUT2D eigenvalue weighted by Crippen LogP contribution is -2.13. The highest BCUT2D eigenvalue weighted by molar-refractivity contribution is 7.10. The van der Waals surface area contributed by atoms with Gasteiger partial charge in [-0.3, -0.25) is 4.79 Å². The summed E-state index contributed by atoms with van der Waals surface area (Å²) in [6.45, 7) is 4.05. The number of thiophene rings is 1. The normalized spacial score (nSPS) is 9.95. The molecule has 1 aromatic heterocycles. The molecule has 1 N–H and O–H groups in total. The molecular formula is C15H14N2OS. The molecule has 1 heterocycles. The molecule has 0 fully saturated rings. The number of hydrogen-bond donors (Lipinski definition) is 1. The van der Waals surface area contributed by atoms with Crippen LogP contribution in [0.5, 0.6) is 0 Å². The van der Waals surface area contributed by atoms with Gasteiger partial charge in [0, 0.05) is 10.3 Å². The molecule has 4 heteroatoms. The lowest BCUT2D eigenvalue weighted by molar-refractivity contribution is 0.102. The quantitative estimate of drug-likeness (QED) is 0.923. The van der Waals surface area contributed by atoms with Crippen LogP contribution >= 0.6 is 11.3 Å². The Hall–Kier alpha value is -2.12. The van der Waals surface area contributed by atoms with E-state index < -0.39 is 0 Å². The van der Waals surface area contributed by atoms with Crippen LogP contribution < -0.4 is 5.32 Å². The molecule has 0 aliphatic rings. The number of benzene rings is 1. The third kappa shape index (κ3) is 2.67. The van der Waals surface area contributed by atoms with Crippen LogP contribution in [0.1, 0.15) is 33.3 Å². The summed E-state index contributed by atoms with van der Waals surface area (Å²) in [5.74, 6) is -0.149. The zero-order valence-electron chi connectivity index (χ0n) is 10.9. The Morgan fingerprint density at radius 2 is 2.16 bits per heavy atom. The molecule has 2 rings (SSSR count). The summed E-state index contributed by atoms with van der Waals surface area (Å²) in [5.41, 5.74) is 2.82. The number of carbonyl (C=O) groups excluding carboxylic acids is 1. The SMILES string of the molecule is CCc1c(C(=O)Nc2ccccc2C#N)csc1C. The second-order valence-corrected chi connectivity index (χ2v) is 5.23. The van der Waals surface area contributed by atoms with Crippen molar-refractivity contribution in [2.24, 2.45) is 0 Å². The van der Waals surface area contributed by atoms with E-state index in [-0.39, 0.29) is 5.91 Å². The smallest absolute Gasteiger partial charge is 0.256 e. The molecule has 0 aliphatic carbocycles. The molecule has 0 atom stereocenters. The van der Waals surface area contributed by atoms with Crippen molar-refractivity contribution >= 4 is 22.9 Å². The van der Waals surface area contributed by atoms with E-state index in [4.69, 9.17) is 5.26 Å². The number of hydrogen-bond acceptors (Lipinski definition) is 3. The van der Waals surface area contributed by atoms with Crippen molar-refractivity contribution in [3.05, 3.63) is 51.2 Å². The number of nitrogens with zero attached hydrogens (tertiary/aromatic N) is 1. The molecule has 3 nitrogen and oxygen atoms in total. The molecule has 0 radical (unpaired) electrons. The molecule has 2 aromatic rings. The molecule has 0 saturated heterocycles. The lowest BCUT2D eigenvalue weighted by atomic mass is 10.1. The first kappa shape index (κ1) is 13.3. The lowest BCUT2D eigenvalue weighted by Gasteiger charge is -2.07. The molecule has 0 unspecified atom stereocenters. The first-order chi connectivity index (χ1) is 9.17. The average Bonchev–Trinajstić information content (AvgIpc) is 2.80. The summed E-state index contributed by atoms with van der Waals surface area (Å²) >= 11 is 1.58. The topological polar surface area (TPSA) is 52.9 Å². The first-order valence-corrected chi connectivity index (χ1v) is 6.92. The van der Waals surface area contributed by atoms with Gasteiger partial charge in [-0.2, -0.15) is 5.26 Å². The van der Waals surface area contributed by atoms with E-state index in [0.717, 1.165) is 12.0 Å². The second kappa shape index (κ2) is 5.68. The summed E-state index contributed by atoms with van der Waals surface area (Å²) in [6.07, 6.45) is 0.831. The first-order valence-electron chi connectivity index (χ1n) is 6.04. The number of nitriles is 1. The predicted octanol–water partition coefficient (Wildman–Crippen LogP) is 3.74. The van der Waals surface area contributed by atoms with Crippen molar-refractivity contribution in [3.8, 4) is 6.07 Å². The highest BCUT2D eigenvalue weighted by Crippen LogP contribution is 2.24. The minimum absolute atomic E-state index is 0.149. The van der Waals surface area contributed by atoms with Crippen LogP contribution in [0.2, 0.25) is 0 Å². The molecule has 0 bridgehead atoms. The van der Waals surface area contributed by atoms with Crippen LogP contribution in [0.3, 0.4) is 0 Å². The number of rotatable bonds is 3. The molecule has 0 saturated carbocycles. The molecule has 1 aromatic carbocycles. The van der Waals surface area contributed by atoms with E-state index >= 15 is 0 Å². The van der Waals surface area contributed by atoms with Gasteiger partial charge in [0.2, 0.25) is 0 Å². The van der Waals surface area contributed by atoms with Gasteiger partial charge < -0.3 is 5.32 Å². The number of aryl methyl sites for hydroxylation is 1. The van der Waals surface area contributed by atoms with Crippen molar-refractivity contribution in [2.45, 2.75) is 20.3 Å². The van der Waals surface area contributed by atoms with Crippen LogP contribution in [0.4, 0.5) is 5.69 Å². The molecule has 0 spiro atoms. The van der Waals surface area contributed by atoms with Gasteiger partial charge in [0.15, 0.2) is 0 Å². The number of carbonyl (C=O) groups is 1. The zero-order chi connectivity index (χ0) is 13.8. The van der Waals surface area contributed by atoms with Gasteiger partial charge in [-0.25, -0.2) is 0 Å². The summed E-state index contributed by atoms with van der Waals surface area (Å²) in [4.78, 5) is 13.4. The van der Waals surface area contributed by atoms with Crippen molar-refractivity contribution in [2.75, 3.05) is 5.32 Å². The minimum atomic E-state index is -0.149. The van der Waals surface area contributed by atoms with Crippen molar-refractivity contribution < 1.29 is 4.79 Å². The highest BCUT2D eigenvalue weighted by atomic mass is 32.1. The Labute approximate surface area is 116 Å². The Morgan fingerprint density at radius 3 is 2.84 bits per heavy atom. The molecule has 96 valence electrons. The summed E-state index contributed by atoms with van der Waals surface area (Å²) in [6, 6.07) is 9.08. The Bertz CT molecular complexity index is 652. The standard InChI is InChI=1S/C15H14N2OS/c1-3-12-10(2)19-9-13(12)15(18)17-14-7-5-4-6-11(14)8-16/h4-7,9H,3H2,1-2H3,(H,17,18). The zero-order valence-corrected chi connectivity index (χ0v) is 11.7. The summed E-state index contributed by atoms with van der Waals surface area (Å²) < 4.78 is 0. The van der Waals surface area contributed by atoms with Crippen LogP contribution in [0, 0.1) is 18.3 Å². The maximum absolute atomic E-state index is 12.3. The maximum Gasteiger partial charge on any atom is 0.256 e. The Kier molecular flexibility index (Phi) is 3.98. The number of para-hydroxylation sites is 1. The largest absolute Gasteiger partial charge is 0.321 e. The van der Waals surface area contributed by atoms with Crippen molar-refractivity contribution in [3.63, 3.8) is 0 Å². The van der Waals surface area contributed by atoms with Gasteiger partial charge in [-0.1, -0.05) is 19.1 Å². The van der Waals surface area contributed by atoms with Crippen molar-refractivity contribution in [1.29, 1.82) is 5.26 Å². The van der Waals surface area contributed by atoms with Gasteiger partial charge in [0.05, 0.1) is 16.8 Å². The number of amides is 1. The maximum atomic E-state index is 12.3. The monoisotopic (exact) mass is 270 g/mol. The fourth-order valence-electron chi connectivity index (χ4n) is 1.99. The van der Waals surface area contributed by atoms with Crippen LogP contribution in [-0.2, 0) is 6.42 Å². The van der Waals surface area contributed by atoms with Crippen LogP contribution in [-0.4, -0.2) is 5.91 Å². The fraction of sp³-hybridized carbons (Fsp3) is 0.200. The van der Waals surface area contributed by atoms with E-state index in [1.165, 1.54) is 4.88 Å². The van der Waals surface area contributed by atoms with Gasteiger partial charge in [-0.15, -0.1) is 11.3 Å². The second-order valence-electron chi connectivity index (χ2n) is 4.15. The summed E-state index contributed by atoms with van der Waals surface area (Å²) in [7, 11) is 0. The van der Waals surface area contributed by atoms with Gasteiger partial charge in [0.1, 0.15) is 6.07 Å². The third-order valence-corrected chi connectivity index (χ3v) is 3.95. The minimum Gasteiger partial charge on any atom is -0.321 e. The van der Waals surface area contributed by atoms with E-state index in [1.54, 1.807) is 35.6 Å². The number of anilines is 1. The summed E-state index contributed by atoms with van der Waals surface area (Å²) in [5, 5.41) is 13.7. The third-order valence-electron chi connectivity index (χ3n) is 3.00. The van der Waals surface area contributed by atoms with Gasteiger partial charge in [-0.05, 0) is 31.0 Å². The molecule has 19 heavy (non-hydrogen) atoms. The van der Waals surface area contributed by atoms with Crippen molar-refractivity contribution in [1.82, 2.24) is 0 Å². The van der Waals surface area contributed by atoms with E-state index in [1.807, 2.05) is 19.2 Å².